The number of nitrogens with zero attached hydrogens (tertiary/aromatic N) is 4. The summed E-state index contributed by atoms with van der Waals surface area (Å²) in [5.74, 6) is 0.907. The van der Waals surface area contributed by atoms with Crippen LogP contribution in [0, 0.1) is 17.1 Å². The van der Waals surface area contributed by atoms with E-state index in [9.17, 15) is 4.39 Å². The molecule has 204 valence electrons. The van der Waals surface area contributed by atoms with Crippen molar-refractivity contribution in [1.82, 2.24) is 14.5 Å². The Labute approximate surface area is 232 Å². The van der Waals surface area contributed by atoms with Gasteiger partial charge >= 0.3 is 0 Å². The van der Waals surface area contributed by atoms with Gasteiger partial charge in [0.05, 0.1) is 47.4 Å². The highest BCUT2D eigenvalue weighted by Gasteiger charge is 2.43. The van der Waals surface area contributed by atoms with Gasteiger partial charge in [0.2, 0.25) is 0 Å². The zero-order chi connectivity index (χ0) is 27.3. The number of likely N-dealkylation sites (tertiary alicyclic amines) is 1. The molecule has 0 unspecified atom stereocenters. The van der Waals surface area contributed by atoms with Crippen molar-refractivity contribution in [3.8, 4) is 17.6 Å². The minimum absolute atomic E-state index is 0.264. The number of halogens is 1. The lowest BCUT2D eigenvalue weighted by Crippen LogP contribution is -2.35. The number of aromatic nitrogens is 2. The van der Waals surface area contributed by atoms with Gasteiger partial charge in [0.1, 0.15) is 11.6 Å². The van der Waals surface area contributed by atoms with Crippen LogP contribution in [0.5, 0.6) is 11.5 Å². The summed E-state index contributed by atoms with van der Waals surface area (Å²) in [6.07, 6.45) is 3.33. The van der Waals surface area contributed by atoms with Gasteiger partial charge < -0.3 is 18.8 Å². The maximum absolute atomic E-state index is 14.9. The van der Waals surface area contributed by atoms with E-state index in [-0.39, 0.29) is 17.2 Å². The van der Waals surface area contributed by atoms with Gasteiger partial charge in [-0.1, -0.05) is 24.3 Å². The molecule has 2 fully saturated rings. The summed E-state index contributed by atoms with van der Waals surface area (Å²) < 4.78 is 35.5. The van der Waals surface area contributed by atoms with Crippen molar-refractivity contribution in [2.45, 2.75) is 57.1 Å². The third kappa shape index (κ3) is 4.40. The largest absolute Gasteiger partial charge is 0.444 e. The van der Waals surface area contributed by atoms with Gasteiger partial charge in [0, 0.05) is 19.1 Å². The number of nitriles is 1. The van der Waals surface area contributed by atoms with Crippen LogP contribution in [-0.2, 0) is 23.6 Å². The van der Waals surface area contributed by atoms with Gasteiger partial charge in [-0.15, -0.1) is 0 Å². The second-order valence-electron chi connectivity index (χ2n) is 11.1. The van der Waals surface area contributed by atoms with Crippen LogP contribution in [0.3, 0.4) is 0 Å². The van der Waals surface area contributed by atoms with Crippen LogP contribution in [0.25, 0.3) is 11.0 Å². The minimum atomic E-state index is -1.29. The van der Waals surface area contributed by atoms with Gasteiger partial charge in [0.25, 0.3) is 5.79 Å². The van der Waals surface area contributed by atoms with Gasteiger partial charge in [-0.2, -0.15) is 5.26 Å². The topological polar surface area (TPSA) is 72.5 Å². The van der Waals surface area contributed by atoms with E-state index in [1.54, 1.807) is 19.1 Å². The molecule has 0 saturated carbocycles. The number of benzene rings is 3. The maximum Gasteiger partial charge on any atom is 0.278 e. The van der Waals surface area contributed by atoms with Crippen LogP contribution < -0.4 is 9.47 Å². The van der Waals surface area contributed by atoms with Crippen molar-refractivity contribution < 1.29 is 18.6 Å². The molecule has 1 aromatic heterocycles. The summed E-state index contributed by atoms with van der Waals surface area (Å²) >= 11 is 0. The highest BCUT2D eigenvalue weighted by Crippen LogP contribution is 2.49. The molecular formula is C32H31FN4O3. The highest BCUT2D eigenvalue weighted by atomic mass is 19.1. The Morgan fingerprint density at radius 1 is 1.05 bits per heavy atom. The van der Waals surface area contributed by atoms with Crippen LogP contribution in [0.4, 0.5) is 4.39 Å². The first kappa shape index (κ1) is 25.1. The third-order valence-corrected chi connectivity index (χ3v) is 8.50. The summed E-state index contributed by atoms with van der Waals surface area (Å²) in [6.45, 7) is 6.11. The first-order valence-electron chi connectivity index (χ1n) is 14.0. The molecule has 4 heterocycles. The summed E-state index contributed by atoms with van der Waals surface area (Å²) in [5, 5.41) is 9.11. The molecule has 8 heteroatoms. The Balaban J connectivity index is 1.07. The molecule has 7 rings (SSSR count). The van der Waals surface area contributed by atoms with Crippen molar-refractivity contribution in [2.24, 2.45) is 0 Å². The molecule has 0 aliphatic carbocycles. The molecule has 0 spiro atoms. The van der Waals surface area contributed by atoms with Crippen LogP contribution in [0.15, 0.2) is 60.7 Å². The third-order valence-electron chi connectivity index (χ3n) is 8.50. The molecule has 3 aliphatic rings. The maximum atomic E-state index is 14.9. The van der Waals surface area contributed by atoms with Crippen LogP contribution >= 0.6 is 0 Å². The predicted molar refractivity (Wildman–Crippen MR) is 148 cm³/mol. The van der Waals surface area contributed by atoms with Crippen LogP contribution in [0.1, 0.15) is 54.6 Å². The molecule has 0 N–H and O–H groups in total. The summed E-state index contributed by atoms with van der Waals surface area (Å²) in [7, 11) is 0. The smallest absolute Gasteiger partial charge is 0.278 e. The Morgan fingerprint density at radius 2 is 1.88 bits per heavy atom. The van der Waals surface area contributed by atoms with E-state index in [1.165, 1.54) is 11.6 Å². The fourth-order valence-electron chi connectivity index (χ4n) is 6.22. The lowest BCUT2D eigenvalue weighted by molar-refractivity contribution is -0.0712. The predicted octanol–water partition coefficient (Wildman–Crippen LogP) is 5.86. The number of fused-ring (bicyclic) bond motifs is 2. The first-order valence-corrected chi connectivity index (χ1v) is 14.0. The van der Waals surface area contributed by atoms with Crippen molar-refractivity contribution >= 4 is 11.0 Å². The zero-order valence-corrected chi connectivity index (χ0v) is 22.5. The SMILES string of the molecule is C[C@]1(c2ccc(C#N)cc2F)Oc2cccc(C3CCN(Cc4nc5ccccc5n4C[C@@H]4CCO4)CC3)c2O1. The average molecular weight is 539 g/mol. The van der Waals surface area contributed by atoms with E-state index in [4.69, 9.17) is 24.5 Å². The molecule has 0 amide bonds. The van der Waals surface area contributed by atoms with Gasteiger partial charge in [0.15, 0.2) is 11.5 Å². The Bertz CT molecular complexity index is 1620. The number of hydrogen-bond acceptors (Lipinski definition) is 6. The number of hydrogen-bond donors (Lipinski definition) is 0. The van der Waals surface area contributed by atoms with Gasteiger partial charge in [-0.05, 0) is 74.7 Å². The Hall–Kier alpha value is -3.93. The second-order valence-corrected chi connectivity index (χ2v) is 11.1. The van der Waals surface area contributed by atoms with E-state index < -0.39 is 11.6 Å². The van der Waals surface area contributed by atoms with Crippen molar-refractivity contribution in [3.63, 3.8) is 0 Å². The zero-order valence-electron chi connectivity index (χ0n) is 22.5. The molecule has 3 aromatic carbocycles. The number of ether oxygens (including phenoxy) is 3. The monoisotopic (exact) mass is 538 g/mol. The lowest BCUT2D eigenvalue weighted by Gasteiger charge is -2.33. The summed E-state index contributed by atoms with van der Waals surface area (Å²) in [6, 6.07) is 20.6. The Kier molecular flexibility index (Phi) is 6.21. The van der Waals surface area contributed by atoms with Crippen LogP contribution in [0.2, 0.25) is 0 Å². The molecule has 3 aliphatic heterocycles. The van der Waals surface area contributed by atoms with E-state index in [0.29, 0.717) is 17.4 Å². The number of piperidine rings is 1. The molecule has 2 saturated heterocycles. The molecule has 40 heavy (non-hydrogen) atoms. The van der Waals surface area contributed by atoms with E-state index in [2.05, 4.69) is 33.7 Å². The van der Waals surface area contributed by atoms with Crippen molar-refractivity contribution in [3.05, 3.63) is 89.0 Å². The van der Waals surface area contributed by atoms with Gasteiger partial charge in [-0.25, -0.2) is 9.37 Å². The normalized spacial score (nSPS) is 22.8. The quantitative estimate of drug-likeness (QED) is 0.306. The summed E-state index contributed by atoms with van der Waals surface area (Å²) in [5.41, 5.74) is 3.84. The van der Waals surface area contributed by atoms with E-state index in [0.717, 1.165) is 69.0 Å². The molecule has 0 radical (unpaired) electrons. The highest BCUT2D eigenvalue weighted by molar-refractivity contribution is 5.75. The molecular weight excluding hydrogens is 507 g/mol. The van der Waals surface area contributed by atoms with E-state index in [1.807, 2.05) is 24.3 Å². The number of para-hydroxylation sites is 3. The fourth-order valence-corrected chi connectivity index (χ4v) is 6.22. The average Bonchev–Trinajstić information content (AvgIpc) is 3.47. The number of imidazole rings is 1. The lowest BCUT2D eigenvalue weighted by atomic mass is 9.88. The number of rotatable bonds is 6. The van der Waals surface area contributed by atoms with Crippen molar-refractivity contribution in [2.75, 3.05) is 19.7 Å². The minimum Gasteiger partial charge on any atom is -0.444 e. The van der Waals surface area contributed by atoms with E-state index >= 15 is 0 Å². The Morgan fingerprint density at radius 3 is 2.62 bits per heavy atom. The molecule has 0 bridgehead atoms. The molecule has 4 aromatic rings. The van der Waals surface area contributed by atoms with Crippen molar-refractivity contribution in [1.29, 1.82) is 5.26 Å². The first-order chi connectivity index (χ1) is 19.5. The molecule has 2 atom stereocenters. The fraction of sp³-hybridized carbons (Fsp3) is 0.375. The summed E-state index contributed by atoms with van der Waals surface area (Å²) in [4.78, 5) is 7.46. The van der Waals surface area contributed by atoms with Crippen LogP contribution in [-0.4, -0.2) is 40.3 Å². The molecule has 7 nitrogen and oxygen atoms in total. The van der Waals surface area contributed by atoms with Gasteiger partial charge in [-0.3, -0.25) is 4.90 Å². The second kappa shape index (κ2) is 9.92. The standard InChI is InChI=1S/C32H31FN4O3/c1-32(25-10-9-21(18-34)17-26(25)33)39-29-8-4-5-24(31(29)40-32)22-11-14-36(15-12-22)20-30-35-27-6-2-3-7-28(27)37(30)19-23-13-16-38-23/h2-10,17,22-23H,11-16,19-20H2,1H3/t23-,32-/m0/s1.